The van der Waals surface area contributed by atoms with Crippen molar-refractivity contribution in [2.24, 2.45) is 21.5 Å². The number of hydrogen-bond acceptors (Lipinski definition) is 8. The van der Waals surface area contributed by atoms with Crippen LogP contribution >= 0.6 is 0 Å². The minimum absolute atomic E-state index is 0.00141. The van der Waals surface area contributed by atoms with Crippen molar-refractivity contribution in [1.82, 2.24) is 4.90 Å². The van der Waals surface area contributed by atoms with Crippen LogP contribution in [0, 0.1) is 0 Å². The molecule has 2 aromatic carbocycles. The number of carbonyl (C=O) groups is 2. The average Bonchev–Trinajstić information content (AvgIpc) is 3.51. The summed E-state index contributed by atoms with van der Waals surface area (Å²) in [6.45, 7) is 4.38. The molecule has 2 amide bonds. The first kappa shape index (κ1) is 31.5. The maximum Gasteiger partial charge on any atom is 0.435 e. The number of piperidine rings is 1. The lowest BCUT2D eigenvalue weighted by molar-refractivity contribution is 0.0982. The van der Waals surface area contributed by atoms with Gasteiger partial charge >= 0.3 is 6.09 Å². The normalized spacial score (nSPS) is 16.3. The average molecular weight is 611 g/mol. The predicted octanol–water partition coefficient (Wildman–Crippen LogP) is 3.16. The molecule has 2 heterocycles. The molecule has 2 aliphatic heterocycles. The van der Waals surface area contributed by atoms with Crippen molar-refractivity contribution in [3.63, 3.8) is 0 Å². The molecule has 1 fully saturated rings. The molecule has 0 radical (unpaired) electrons. The van der Waals surface area contributed by atoms with Crippen molar-refractivity contribution in [3.05, 3.63) is 65.2 Å². The first-order chi connectivity index (χ1) is 20.5. The van der Waals surface area contributed by atoms with Crippen LogP contribution in [-0.4, -0.2) is 82.1 Å². The van der Waals surface area contributed by atoms with Gasteiger partial charge in [0.25, 0.3) is 5.91 Å². The molecule has 4 rings (SSSR count). The molecule has 0 aliphatic carbocycles. The summed E-state index contributed by atoms with van der Waals surface area (Å²) in [6.07, 6.45) is 7.26. The third kappa shape index (κ3) is 8.57. The molecule has 1 saturated heterocycles. The van der Waals surface area contributed by atoms with Gasteiger partial charge in [-0.1, -0.05) is 30.4 Å². The molecule has 0 atom stereocenters. The molecule has 2 aliphatic rings. The number of rotatable bonds is 10. The minimum Gasteiger partial charge on any atom is -0.489 e. The molecule has 0 aromatic heterocycles. The van der Waals surface area contributed by atoms with E-state index in [0.29, 0.717) is 16.9 Å². The van der Waals surface area contributed by atoms with Gasteiger partial charge in [0.1, 0.15) is 17.7 Å². The number of primary amides is 1. The van der Waals surface area contributed by atoms with E-state index in [1.807, 2.05) is 0 Å². The Bertz CT molecular complexity index is 1530. The molecular weight excluding hydrogens is 572 g/mol. The number of ether oxygens (including phenoxy) is 2. The molecular formula is C30H38N6O6S. The van der Waals surface area contributed by atoms with Crippen LogP contribution in [0.2, 0.25) is 0 Å². The zero-order valence-electron chi connectivity index (χ0n) is 24.4. The van der Waals surface area contributed by atoms with Crippen molar-refractivity contribution in [2.75, 3.05) is 43.3 Å². The number of anilines is 1. The van der Waals surface area contributed by atoms with Gasteiger partial charge in [-0.25, -0.2) is 13.2 Å². The largest absolute Gasteiger partial charge is 0.489 e. The number of nitrogens with two attached hydrogens (primary N) is 2. The van der Waals surface area contributed by atoms with Crippen LogP contribution in [-0.2, 0) is 14.8 Å². The number of likely N-dealkylation sites (tertiary alicyclic amines) is 1. The third-order valence-electron chi connectivity index (χ3n) is 7.11. The monoisotopic (exact) mass is 610 g/mol. The highest BCUT2D eigenvalue weighted by molar-refractivity contribution is 7.92. The summed E-state index contributed by atoms with van der Waals surface area (Å²) in [5.41, 5.74) is 13.2. The first-order valence-electron chi connectivity index (χ1n) is 14.2. The van der Waals surface area contributed by atoms with Crippen LogP contribution in [0.15, 0.2) is 58.5 Å². The van der Waals surface area contributed by atoms with Gasteiger partial charge in [-0.2, -0.15) is 4.99 Å². The fourth-order valence-electron chi connectivity index (χ4n) is 5.00. The summed E-state index contributed by atoms with van der Waals surface area (Å²) in [7, 11) is -3.73. The quantitative estimate of drug-likeness (QED) is 0.305. The maximum absolute atomic E-state index is 12.8. The topological polar surface area (TPSA) is 170 Å². The van der Waals surface area contributed by atoms with Crippen molar-refractivity contribution in [1.29, 1.82) is 0 Å². The fourth-order valence-corrected chi connectivity index (χ4v) is 5.85. The van der Waals surface area contributed by atoms with Gasteiger partial charge < -0.3 is 25.8 Å². The second-order valence-corrected chi connectivity index (χ2v) is 12.2. The van der Waals surface area contributed by atoms with Gasteiger partial charge in [0, 0.05) is 44.5 Å². The number of hydrogen-bond donors (Lipinski definition) is 2. The minimum atomic E-state index is -3.73. The summed E-state index contributed by atoms with van der Waals surface area (Å²) in [5, 5.41) is 0. The Morgan fingerprint density at radius 3 is 2.58 bits per heavy atom. The fraction of sp³-hybridized carbons (Fsp3) is 0.400. The van der Waals surface area contributed by atoms with E-state index < -0.39 is 22.0 Å². The lowest BCUT2D eigenvalue weighted by Gasteiger charge is -2.34. The van der Waals surface area contributed by atoms with E-state index in [4.69, 9.17) is 20.9 Å². The number of aliphatic imine (C=N–C) groups is 2. The summed E-state index contributed by atoms with van der Waals surface area (Å²) >= 11 is 0. The highest BCUT2D eigenvalue weighted by atomic mass is 32.2. The zero-order valence-corrected chi connectivity index (χ0v) is 25.3. The number of benzene rings is 2. The van der Waals surface area contributed by atoms with Crippen LogP contribution in [0.1, 0.15) is 54.1 Å². The van der Waals surface area contributed by atoms with Crippen molar-refractivity contribution < 1.29 is 27.5 Å². The highest BCUT2D eigenvalue weighted by Crippen LogP contribution is 2.29. The van der Waals surface area contributed by atoms with Gasteiger partial charge in [0.15, 0.2) is 0 Å². The Morgan fingerprint density at radius 1 is 1.16 bits per heavy atom. The molecule has 230 valence electrons. The van der Waals surface area contributed by atoms with Crippen LogP contribution in [0.5, 0.6) is 5.75 Å². The van der Waals surface area contributed by atoms with E-state index in [1.54, 1.807) is 55.5 Å². The van der Waals surface area contributed by atoms with E-state index in [1.165, 1.54) is 10.4 Å². The number of amides is 2. The summed E-state index contributed by atoms with van der Waals surface area (Å²) < 4.78 is 37.7. The smallest absolute Gasteiger partial charge is 0.435 e. The second-order valence-electron chi connectivity index (χ2n) is 10.3. The van der Waals surface area contributed by atoms with E-state index >= 15 is 0 Å². The molecule has 0 spiro atoms. The summed E-state index contributed by atoms with van der Waals surface area (Å²) in [5.74, 6) is 0.782. The Hall–Kier alpha value is -4.39. The van der Waals surface area contributed by atoms with Crippen LogP contribution in [0.25, 0.3) is 6.08 Å². The first-order valence-corrected chi connectivity index (χ1v) is 16.0. The SMILES string of the molecule is CCOC(=O)N=C(N)c1cccc(/C=C/CN(c2ccc(OC3CCN(C4=NCCC4)CC3)c(C(N)=O)c2)S(C)(=O)=O)c1. The number of carbonyl (C=O) groups excluding carboxylic acids is 2. The van der Waals surface area contributed by atoms with Crippen molar-refractivity contribution >= 4 is 45.5 Å². The molecule has 4 N–H and O–H groups in total. The standard InChI is InChI=1S/C30H38N6O6S/c1-3-41-30(38)34-28(31)22-9-4-7-21(19-22)8-6-16-36(43(2,39)40)23-11-12-26(25(20-23)29(32)37)42-24-13-17-35(18-14-24)27-10-5-15-33-27/h4,6-9,11-12,19-20,24H,3,5,10,13-18H2,1-2H3,(H2,32,37)(H2,31,34,38)/b8-6+. The lowest BCUT2D eigenvalue weighted by atomic mass is 10.1. The van der Waals surface area contributed by atoms with Crippen molar-refractivity contribution in [3.8, 4) is 5.75 Å². The van der Waals surface area contributed by atoms with Gasteiger partial charge in [0.05, 0.1) is 36.5 Å². The predicted molar refractivity (Wildman–Crippen MR) is 167 cm³/mol. The van der Waals surface area contributed by atoms with E-state index in [9.17, 15) is 18.0 Å². The third-order valence-corrected chi connectivity index (χ3v) is 8.27. The van der Waals surface area contributed by atoms with E-state index in [0.717, 1.165) is 57.4 Å². The number of nitrogens with zero attached hydrogens (tertiary/aromatic N) is 4. The number of sulfonamides is 1. The molecule has 2 aromatic rings. The molecule has 12 nitrogen and oxygen atoms in total. The number of amidine groups is 2. The molecule has 13 heteroatoms. The Balaban J connectivity index is 1.47. The van der Waals surface area contributed by atoms with Gasteiger partial charge in [0.2, 0.25) is 10.0 Å². The molecule has 43 heavy (non-hydrogen) atoms. The molecule has 0 unspecified atom stereocenters. The van der Waals surface area contributed by atoms with Gasteiger partial charge in [-0.05, 0) is 43.2 Å². The van der Waals surface area contributed by atoms with E-state index in [2.05, 4.69) is 14.9 Å². The zero-order chi connectivity index (χ0) is 31.0. The Morgan fingerprint density at radius 2 is 1.93 bits per heavy atom. The van der Waals surface area contributed by atoms with Crippen LogP contribution in [0.4, 0.5) is 10.5 Å². The van der Waals surface area contributed by atoms with E-state index in [-0.39, 0.29) is 36.3 Å². The Kier molecular flexibility index (Phi) is 10.4. The van der Waals surface area contributed by atoms with Gasteiger partial charge in [-0.15, -0.1) is 0 Å². The molecule has 0 bridgehead atoms. The van der Waals surface area contributed by atoms with Crippen LogP contribution in [0.3, 0.4) is 0 Å². The summed E-state index contributed by atoms with van der Waals surface area (Å²) in [6, 6.07) is 11.6. The maximum atomic E-state index is 12.8. The van der Waals surface area contributed by atoms with Crippen LogP contribution < -0.4 is 20.5 Å². The lowest BCUT2D eigenvalue weighted by Crippen LogP contribution is -2.41. The summed E-state index contributed by atoms with van der Waals surface area (Å²) in [4.78, 5) is 34.6. The van der Waals surface area contributed by atoms with Gasteiger partial charge in [-0.3, -0.25) is 14.1 Å². The van der Waals surface area contributed by atoms with Crippen molar-refractivity contribution in [2.45, 2.75) is 38.7 Å². The highest BCUT2D eigenvalue weighted by Gasteiger charge is 2.26. The molecule has 0 saturated carbocycles. The Labute approximate surface area is 252 Å². The second kappa shape index (κ2) is 14.2.